The number of hydrogen-bond donors (Lipinski definition) is 2. The molecule has 24 heavy (non-hydrogen) atoms. The summed E-state index contributed by atoms with van der Waals surface area (Å²) in [6.07, 6.45) is 1.47. The van der Waals surface area contributed by atoms with Crippen molar-refractivity contribution in [2.24, 2.45) is 5.10 Å². The van der Waals surface area contributed by atoms with Crippen LogP contribution in [0.5, 0.6) is 11.5 Å². The number of hydrazone groups is 1. The second kappa shape index (κ2) is 8.33. The van der Waals surface area contributed by atoms with Crippen LogP contribution >= 0.6 is 0 Å². The number of carbonyl (C=O) groups excluding carboxylic acids is 1. The van der Waals surface area contributed by atoms with E-state index in [0.29, 0.717) is 17.1 Å². The van der Waals surface area contributed by atoms with Crippen molar-refractivity contribution in [2.45, 2.75) is 0 Å². The van der Waals surface area contributed by atoms with Gasteiger partial charge in [0.15, 0.2) is 6.61 Å². The first kappa shape index (κ1) is 17.0. The molecule has 124 valence electrons. The van der Waals surface area contributed by atoms with Crippen LogP contribution in [0.1, 0.15) is 15.9 Å². The van der Waals surface area contributed by atoms with Gasteiger partial charge in [0.1, 0.15) is 11.5 Å². The van der Waals surface area contributed by atoms with E-state index in [1.54, 1.807) is 55.6 Å². The number of carboxylic acids is 1. The van der Waals surface area contributed by atoms with Crippen LogP contribution in [-0.4, -0.2) is 36.9 Å². The molecule has 0 bridgehead atoms. The molecule has 0 heterocycles. The van der Waals surface area contributed by atoms with Crippen molar-refractivity contribution in [3.05, 3.63) is 59.7 Å². The number of rotatable bonds is 7. The molecule has 2 rings (SSSR count). The fraction of sp³-hybridized carbons (Fsp3) is 0.118. The van der Waals surface area contributed by atoms with E-state index in [9.17, 15) is 9.59 Å². The number of amides is 1. The van der Waals surface area contributed by atoms with E-state index in [4.69, 9.17) is 14.6 Å². The Morgan fingerprint density at radius 3 is 2.29 bits per heavy atom. The molecule has 0 aromatic heterocycles. The van der Waals surface area contributed by atoms with E-state index >= 15 is 0 Å². The maximum Gasteiger partial charge on any atom is 0.341 e. The lowest BCUT2D eigenvalue weighted by molar-refractivity contribution is -0.139. The lowest BCUT2D eigenvalue weighted by Crippen LogP contribution is -2.17. The number of hydrogen-bond acceptors (Lipinski definition) is 5. The van der Waals surface area contributed by atoms with Crippen molar-refractivity contribution < 1.29 is 24.2 Å². The maximum atomic E-state index is 11.9. The van der Waals surface area contributed by atoms with Crippen molar-refractivity contribution in [2.75, 3.05) is 13.7 Å². The molecule has 0 saturated carbocycles. The molecule has 0 unspecified atom stereocenters. The summed E-state index contributed by atoms with van der Waals surface area (Å²) in [5.74, 6) is -0.269. The third kappa shape index (κ3) is 5.13. The molecule has 7 nitrogen and oxygen atoms in total. The Morgan fingerprint density at radius 2 is 1.71 bits per heavy atom. The molecule has 2 aromatic rings. The lowest BCUT2D eigenvalue weighted by atomic mass is 10.2. The van der Waals surface area contributed by atoms with E-state index in [2.05, 4.69) is 10.5 Å². The minimum absolute atomic E-state index is 0.338. The largest absolute Gasteiger partial charge is 0.497 e. The summed E-state index contributed by atoms with van der Waals surface area (Å²) >= 11 is 0. The van der Waals surface area contributed by atoms with Crippen molar-refractivity contribution in [1.82, 2.24) is 5.43 Å². The van der Waals surface area contributed by atoms with Crippen LogP contribution in [0.4, 0.5) is 0 Å². The van der Waals surface area contributed by atoms with Gasteiger partial charge in [-0.2, -0.15) is 5.10 Å². The Hall–Kier alpha value is -3.35. The monoisotopic (exact) mass is 328 g/mol. The predicted octanol–water partition coefficient (Wildman–Crippen LogP) is 1.92. The summed E-state index contributed by atoms with van der Waals surface area (Å²) < 4.78 is 10.0. The topological polar surface area (TPSA) is 97.2 Å². The fourth-order valence-corrected chi connectivity index (χ4v) is 1.77. The number of benzene rings is 2. The minimum atomic E-state index is -1.04. The van der Waals surface area contributed by atoms with Crippen molar-refractivity contribution in [3.63, 3.8) is 0 Å². The van der Waals surface area contributed by atoms with Crippen LogP contribution in [0.3, 0.4) is 0 Å². The highest BCUT2D eigenvalue weighted by Crippen LogP contribution is 2.12. The van der Waals surface area contributed by atoms with Gasteiger partial charge >= 0.3 is 5.97 Å². The average Bonchev–Trinajstić information content (AvgIpc) is 2.61. The van der Waals surface area contributed by atoms with Gasteiger partial charge in [-0.15, -0.1) is 0 Å². The smallest absolute Gasteiger partial charge is 0.341 e. The highest BCUT2D eigenvalue weighted by Gasteiger charge is 2.04. The summed E-state index contributed by atoms with van der Waals surface area (Å²) in [4.78, 5) is 22.3. The number of ether oxygens (including phenoxy) is 2. The summed E-state index contributed by atoms with van der Waals surface area (Å²) in [7, 11) is 1.55. The lowest BCUT2D eigenvalue weighted by Gasteiger charge is -2.03. The second-order valence-electron chi connectivity index (χ2n) is 4.68. The van der Waals surface area contributed by atoms with E-state index in [-0.39, 0.29) is 5.91 Å². The first-order chi connectivity index (χ1) is 11.6. The van der Waals surface area contributed by atoms with Gasteiger partial charge in [-0.3, -0.25) is 4.79 Å². The quantitative estimate of drug-likeness (QED) is 0.598. The number of carboxylic acid groups (broad SMARTS) is 1. The Labute approximate surface area is 138 Å². The SMILES string of the molecule is COc1ccc(C(=O)N/N=C\c2ccc(OCC(=O)O)cc2)cc1. The van der Waals surface area contributed by atoms with Gasteiger partial charge in [0.05, 0.1) is 13.3 Å². The van der Waals surface area contributed by atoms with Crippen molar-refractivity contribution in [3.8, 4) is 11.5 Å². The van der Waals surface area contributed by atoms with Gasteiger partial charge in [0.25, 0.3) is 5.91 Å². The molecule has 7 heteroatoms. The van der Waals surface area contributed by atoms with Gasteiger partial charge in [0.2, 0.25) is 0 Å². The number of methoxy groups -OCH3 is 1. The third-order valence-electron chi connectivity index (χ3n) is 2.97. The number of nitrogens with zero attached hydrogens (tertiary/aromatic N) is 1. The van der Waals surface area contributed by atoms with Crippen LogP contribution in [0, 0.1) is 0 Å². The Balaban J connectivity index is 1.88. The summed E-state index contributed by atoms with van der Waals surface area (Å²) in [5.41, 5.74) is 3.61. The first-order valence-corrected chi connectivity index (χ1v) is 7.00. The minimum Gasteiger partial charge on any atom is -0.497 e. The molecule has 0 fully saturated rings. The van der Waals surface area contributed by atoms with Crippen molar-refractivity contribution >= 4 is 18.1 Å². The number of carbonyl (C=O) groups is 2. The first-order valence-electron chi connectivity index (χ1n) is 7.00. The Morgan fingerprint density at radius 1 is 1.08 bits per heavy atom. The zero-order valence-electron chi connectivity index (χ0n) is 12.9. The zero-order chi connectivity index (χ0) is 17.4. The number of aliphatic carboxylic acids is 1. The van der Waals surface area contributed by atoms with Gasteiger partial charge in [-0.1, -0.05) is 0 Å². The van der Waals surface area contributed by atoms with Crippen LogP contribution in [-0.2, 0) is 4.79 Å². The van der Waals surface area contributed by atoms with Gasteiger partial charge in [0, 0.05) is 5.56 Å². The molecule has 0 spiro atoms. The molecular weight excluding hydrogens is 312 g/mol. The molecule has 2 N–H and O–H groups in total. The van der Waals surface area contributed by atoms with Crippen LogP contribution in [0.2, 0.25) is 0 Å². The number of nitrogens with one attached hydrogen (secondary N) is 1. The van der Waals surface area contributed by atoms with Gasteiger partial charge in [-0.25, -0.2) is 10.2 Å². The van der Waals surface area contributed by atoms with E-state index in [0.717, 1.165) is 5.56 Å². The molecule has 1 amide bonds. The fourth-order valence-electron chi connectivity index (χ4n) is 1.77. The molecular formula is C17H16N2O5. The highest BCUT2D eigenvalue weighted by molar-refractivity contribution is 5.95. The summed E-state index contributed by atoms with van der Waals surface area (Å²) in [6.45, 7) is -0.397. The van der Waals surface area contributed by atoms with E-state index in [1.165, 1.54) is 6.21 Å². The molecule has 0 aliphatic rings. The van der Waals surface area contributed by atoms with Crippen LogP contribution in [0.15, 0.2) is 53.6 Å². The Kier molecular flexibility index (Phi) is 5.90. The molecule has 2 aromatic carbocycles. The van der Waals surface area contributed by atoms with E-state index in [1.807, 2.05) is 0 Å². The molecule has 0 aliphatic heterocycles. The Bertz CT molecular complexity index is 724. The molecule has 0 atom stereocenters. The van der Waals surface area contributed by atoms with E-state index < -0.39 is 12.6 Å². The van der Waals surface area contributed by atoms with Crippen LogP contribution < -0.4 is 14.9 Å². The summed E-state index contributed by atoms with van der Waals surface area (Å²) in [6, 6.07) is 13.3. The zero-order valence-corrected chi connectivity index (χ0v) is 12.9. The molecule has 0 saturated heterocycles. The standard InChI is InChI=1S/C17H16N2O5/c1-23-14-8-4-13(5-9-14)17(22)19-18-10-12-2-6-15(7-3-12)24-11-16(20)21/h2-10H,11H2,1H3,(H,19,22)(H,20,21)/b18-10-. The molecule has 0 aliphatic carbocycles. The molecule has 0 radical (unpaired) electrons. The highest BCUT2D eigenvalue weighted by atomic mass is 16.5. The summed E-state index contributed by atoms with van der Waals surface area (Å²) in [5, 5.41) is 12.4. The third-order valence-corrected chi connectivity index (χ3v) is 2.97. The maximum absolute atomic E-state index is 11.9. The van der Waals surface area contributed by atoms with Crippen molar-refractivity contribution in [1.29, 1.82) is 0 Å². The van der Waals surface area contributed by atoms with Gasteiger partial charge < -0.3 is 14.6 Å². The second-order valence-corrected chi connectivity index (χ2v) is 4.68. The van der Waals surface area contributed by atoms with Gasteiger partial charge in [-0.05, 0) is 54.1 Å². The predicted molar refractivity (Wildman–Crippen MR) is 87.6 cm³/mol. The van der Waals surface area contributed by atoms with Crippen LogP contribution in [0.25, 0.3) is 0 Å². The normalized spacial score (nSPS) is 10.4. The average molecular weight is 328 g/mol.